The van der Waals surface area contributed by atoms with Crippen LogP contribution in [-0.4, -0.2) is 31.6 Å². The Morgan fingerprint density at radius 1 is 1.28 bits per heavy atom. The van der Waals surface area contributed by atoms with Gasteiger partial charge in [-0.1, -0.05) is 12.1 Å². The first-order chi connectivity index (χ1) is 8.54. The minimum Gasteiger partial charge on any atom is -0.468 e. The monoisotopic (exact) mass is 250 g/mol. The number of carbonyl (C=O) groups is 2. The molecule has 2 N–H and O–H groups in total. The molecular weight excluding hydrogens is 232 g/mol. The summed E-state index contributed by atoms with van der Waals surface area (Å²) in [5.41, 5.74) is 1.25. The van der Waals surface area contributed by atoms with Gasteiger partial charge in [-0.15, -0.1) is 0 Å². The van der Waals surface area contributed by atoms with Crippen LogP contribution in [0, 0.1) is 0 Å². The second kappa shape index (κ2) is 6.64. The molecule has 5 heteroatoms. The summed E-state index contributed by atoms with van der Waals surface area (Å²) in [6.07, 6.45) is 0. The first kappa shape index (κ1) is 14.0. The van der Waals surface area contributed by atoms with Crippen molar-refractivity contribution in [1.82, 2.24) is 5.32 Å². The number of ether oxygens (including phenoxy) is 1. The maximum atomic E-state index is 11.9. The lowest BCUT2D eigenvalue weighted by Gasteiger charge is -2.14. The van der Waals surface area contributed by atoms with Crippen LogP contribution in [0.1, 0.15) is 24.2 Å². The summed E-state index contributed by atoms with van der Waals surface area (Å²) in [5.74, 6) is -0.776. The van der Waals surface area contributed by atoms with Gasteiger partial charge in [-0.2, -0.15) is 0 Å². The molecule has 5 nitrogen and oxygen atoms in total. The van der Waals surface area contributed by atoms with E-state index < -0.39 is 5.97 Å². The van der Waals surface area contributed by atoms with E-state index in [1.165, 1.54) is 7.11 Å². The largest absolute Gasteiger partial charge is 0.468 e. The first-order valence-electron chi connectivity index (χ1n) is 5.75. The number of benzene rings is 1. The highest BCUT2D eigenvalue weighted by Gasteiger charge is 2.12. The van der Waals surface area contributed by atoms with Crippen molar-refractivity contribution in [1.29, 1.82) is 0 Å². The normalized spacial score (nSPS) is 10.0. The summed E-state index contributed by atoms with van der Waals surface area (Å²) < 4.78 is 4.46. The molecule has 1 aromatic carbocycles. The molecular formula is C13H18N2O3. The van der Waals surface area contributed by atoms with E-state index in [2.05, 4.69) is 15.4 Å². The van der Waals surface area contributed by atoms with Gasteiger partial charge in [0.25, 0.3) is 5.91 Å². The molecule has 0 saturated heterocycles. The molecule has 0 spiro atoms. The molecule has 0 heterocycles. The van der Waals surface area contributed by atoms with E-state index in [4.69, 9.17) is 0 Å². The topological polar surface area (TPSA) is 67.4 Å². The number of carbonyl (C=O) groups excluding carboxylic acids is 2. The van der Waals surface area contributed by atoms with Gasteiger partial charge in [0.05, 0.1) is 12.7 Å². The fourth-order valence-corrected chi connectivity index (χ4v) is 1.44. The number of hydrogen-bond donors (Lipinski definition) is 2. The van der Waals surface area contributed by atoms with Crippen LogP contribution in [0.2, 0.25) is 0 Å². The van der Waals surface area contributed by atoms with Crippen LogP contribution in [0.5, 0.6) is 0 Å². The summed E-state index contributed by atoms with van der Waals surface area (Å²) in [4.78, 5) is 22.9. The molecule has 98 valence electrons. The van der Waals surface area contributed by atoms with Crippen molar-refractivity contribution in [3.05, 3.63) is 29.8 Å². The number of para-hydroxylation sites is 1. The number of rotatable bonds is 5. The third-order valence-electron chi connectivity index (χ3n) is 2.24. The Hall–Kier alpha value is -2.04. The smallest absolute Gasteiger partial charge is 0.325 e. The Labute approximate surface area is 107 Å². The van der Waals surface area contributed by atoms with Gasteiger partial charge in [0, 0.05) is 11.7 Å². The van der Waals surface area contributed by atoms with Gasteiger partial charge in [0.15, 0.2) is 0 Å². The molecule has 18 heavy (non-hydrogen) atoms. The molecule has 1 rings (SSSR count). The van der Waals surface area contributed by atoms with Gasteiger partial charge in [0.2, 0.25) is 0 Å². The van der Waals surface area contributed by atoms with E-state index in [-0.39, 0.29) is 18.5 Å². The van der Waals surface area contributed by atoms with Gasteiger partial charge in [-0.3, -0.25) is 9.59 Å². The maximum Gasteiger partial charge on any atom is 0.325 e. The molecule has 0 aliphatic heterocycles. The zero-order valence-corrected chi connectivity index (χ0v) is 10.8. The van der Waals surface area contributed by atoms with E-state index >= 15 is 0 Å². The minimum absolute atomic E-state index is 0.134. The Morgan fingerprint density at radius 2 is 1.94 bits per heavy atom. The molecule has 1 amide bonds. The highest BCUT2D eigenvalue weighted by molar-refractivity contribution is 6.00. The maximum absolute atomic E-state index is 11.9. The lowest BCUT2D eigenvalue weighted by molar-refractivity contribution is -0.139. The number of amides is 1. The van der Waals surface area contributed by atoms with Gasteiger partial charge >= 0.3 is 5.97 Å². The molecule has 0 aliphatic carbocycles. The Bertz CT molecular complexity index is 430. The summed E-state index contributed by atoms with van der Waals surface area (Å²) >= 11 is 0. The van der Waals surface area contributed by atoms with Gasteiger partial charge in [0.1, 0.15) is 6.54 Å². The standard InChI is InChI=1S/C13H18N2O3/c1-9(2)15-11-7-5-4-6-10(11)13(17)14-8-12(16)18-3/h4-7,9,15H,8H2,1-3H3,(H,14,17). The lowest BCUT2D eigenvalue weighted by Crippen LogP contribution is -2.30. The van der Waals surface area contributed by atoms with Crippen LogP contribution < -0.4 is 10.6 Å². The predicted molar refractivity (Wildman–Crippen MR) is 69.5 cm³/mol. The number of methoxy groups -OCH3 is 1. The number of esters is 1. The lowest BCUT2D eigenvalue weighted by atomic mass is 10.1. The van der Waals surface area contributed by atoms with Crippen molar-refractivity contribution >= 4 is 17.6 Å². The van der Waals surface area contributed by atoms with Crippen LogP contribution in [0.15, 0.2) is 24.3 Å². The van der Waals surface area contributed by atoms with Crippen LogP contribution in [0.25, 0.3) is 0 Å². The Balaban J connectivity index is 2.75. The fraction of sp³-hybridized carbons (Fsp3) is 0.385. The molecule has 0 radical (unpaired) electrons. The van der Waals surface area contributed by atoms with Gasteiger partial charge in [-0.05, 0) is 26.0 Å². The minimum atomic E-state index is -0.474. The van der Waals surface area contributed by atoms with Crippen molar-refractivity contribution in [2.75, 3.05) is 19.0 Å². The van der Waals surface area contributed by atoms with Crippen molar-refractivity contribution in [2.45, 2.75) is 19.9 Å². The average Bonchev–Trinajstić information content (AvgIpc) is 2.35. The number of hydrogen-bond acceptors (Lipinski definition) is 4. The Kier molecular flexibility index (Phi) is 5.17. The second-order valence-electron chi connectivity index (χ2n) is 4.10. The van der Waals surface area contributed by atoms with E-state index in [0.29, 0.717) is 5.56 Å². The van der Waals surface area contributed by atoms with E-state index in [1.807, 2.05) is 26.0 Å². The molecule has 0 bridgehead atoms. The highest BCUT2D eigenvalue weighted by atomic mass is 16.5. The van der Waals surface area contributed by atoms with Crippen molar-refractivity contribution in [3.63, 3.8) is 0 Å². The quantitative estimate of drug-likeness (QED) is 0.775. The number of nitrogens with one attached hydrogen (secondary N) is 2. The van der Waals surface area contributed by atoms with Gasteiger partial charge < -0.3 is 15.4 Å². The first-order valence-corrected chi connectivity index (χ1v) is 5.75. The summed E-state index contributed by atoms with van der Waals surface area (Å²) in [7, 11) is 1.28. The third kappa shape index (κ3) is 4.08. The van der Waals surface area contributed by atoms with Crippen molar-refractivity contribution in [3.8, 4) is 0 Å². The number of anilines is 1. The summed E-state index contributed by atoms with van der Waals surface area (Å²) in [6, 6.07) is 7.38. The summed E-state index contributed by atoms with van der Waals surface area (Å²) in [5, 5.41) is 5.69. The van der Waals surface area contributed by atoms with E-state index in [1.54, 1.807) is 12.1 Å². The van der Waals surface area contributed by atoms with Crippen LogP contribution in [0.4, 0.5) is 5.69 Å². The zero-order chi connectivity index (χ0) is 13.5. The SMILES string of the molecule is COC(=O)CNC(=O)c1ccccc1NC(C)C. The van der Waals surface area contributed by atoms with E-state index in [9.17, 15) is 9.59 Å². The summed E-state index contributed by atoms with van der Waals surface area (Å²) in [6.45, 7) is 3.84. The zero-order valence-electron chi connectivity index (χ0n) is 10.8. The Morgan fingerprint density at radius 3 is 2.56 bits per heavy atom. The fourth-order valence-electron chi connectivity index (χ4n) is 1.44. The second-order valence-corrected chi connectivity index (χ2v) is 4.10. The highest BCUT2D eigenvalue weighted by Crippen LogP contribution is 2.15. The van der Waals surface area contributed by atoms with Crippen molar-refractivity contribution in [2.24, 2.45) is 0 Å². The van der Waals surface area contributed by atoms with Crippen LogP contribution >= 0.6 is 0 Å². The molecule has 0 unspecified atom stereocenters. The average molecular weight is 250 g/mol. The van der Waals surface area contributed by atoms with E-state index in [0.717, 1.165) is 5.69 Å². The molecule has 1 aromatic rings. The van der Waals surface area contributed by atoms with Crippen LogP contribution in [0.3, 0.4) is 0 Å². The molecule has 0 saturated carbocycles. The third-order valence-corrected chi connectivity index (χ3v) is 2.24. The van der Waals surface area contributed by atoms with Gasteiger partial charge in [-0.25, -0.2) is 0 Å². The molecule has 0 aromatic heterocycles. The van der Waals surface area contributed by atoms with Crippen LogP contribution in [-0.2, 0) is 9.53 Å². The predicted octanol–water partition coefficient (Wildman–Crippen LogP) is 1.41. The molecule has 0 atom stereocenters. The van der Waals surface area contributed by atoms with Crippen molar-refractivity contribution < 1.29 is 14.3 Å². The molecule has 0 aliphatic rings. The molecule has 0 fully saturated rings.